The smallest absolute Gasteiger partial charge is 0.271 e. The molecule has 0 unspecified atom stereocenters. The summed E-state index contributed by atoms with van der Waals surface area (Å²) < 4.78 is 5.69. The van der Waals surface area contributed by atoms with Crippen LogP contribution in [-0.2, 0) is 6.54 Å². The molecular formula is C20H21N3O2S. The molecule has 5 nitrogen and oxygen atoms in total. The SMILES string of the molecule is CC(C)COc1ccc(-c2nc(C(=O)NCc3ccccn3)cs2)cc1. The van der Waals surface area contributed by atoms with Crippen molar-refractivity contribution < 1.29 is 9.53 Å². The monoisotopic (exact) mass is 367 g/mol. The number of aromatic nitrogens is 2. The van der Waals surface area contributed by atoms with E-state index >= 15 is 0 Å². The van der Waals surface area contributed by atoms with Crippen molar-refractivity contribution in [2.75, 3.05) is 6.61 Å². The number of nitrogens with one attached hydrogen (secondary N) is 1. The Morgan fingerprint density at radius 1 is 1.19 bits per heavy atom. The molecule has 0 spiro atoms. The minimum Gasteiger partial charge on any atom is -0.493 e. The maximum Gasteiger partial charge on any atom is 0.271 e. The molecule has 2 heterocycles. The van der Waals surface area contributed by atoms with Gasteiger partial charge in [-0.05, 0) is 42.3 Å². The second-order valence-corrected chi connectivity index (χ2v) is 7.13. The van der Waals surface area contributed by atoms with Crippen molar-refractivity contribution in [3.05, 3.63) is 65.4 Å². The van der Waals surface area contributed by atoms with Crippen LogP contribution in [0.3, 0.4) is 0 Å². The van der Waals surface area contributed by atoms with Gasteiger partial charge in [0, 0.05) is 17.1 Å². The predicted octanol–water partition coefficient (Wildman–Crippen LogP) is 4.17. The molecule has 0 atom stereocenters. The first kappa shape index (κ1) is 18.1. The molecule has 1 aromatic carbocycles. The summed E-state index contributed by atoms with van der Waals surface area (Å²) in [6.45, 7) is 5.31. The topological polar surface area (TPSA) is 64.1 Å². The molecule has 0 aliphatic rings. The molecule has 3 aromatic rings. The van der Waals surface area contributed by atoms with Gasteiger partial charge in [-0.1, -0.05) is 19.9 Å². The van der Waals surface area contributed by atoms with E-state index in [0.29, 0.717) is 24.8 Å². The van der Waals surface area contributed by atoms with E-state index in [2.05, 4.69) is 29.1 Å². The van der Waals surface area contributed by atoms with Crippen molar-refractivity contribution in [1.29, 1.82) is 0 Å². The number of amides is 1. The minimum absolute atomic E-state index is 0.199. The number of rotatable bonds is 7. The third kappa shape index (κ3) is 4.89. The summed E-state index contributed by atoms with van der Waals surface area (Å²) in [5, 5.41) is 5.42. The van der Waals surface area contributed by atoms with Gasteiger partial charge in [0.05, 0.1) is 18.8 Å². The van der Waals surface area contributed by atoms with Crippen LogP contribution in [-0.4, -0.2) is 22.5 Å². The number of pyridine rings is 1. The number of carbonyl (C=O) groups excluding carboxylic acids is 1. The number of nitrogens with zero attached hydrogens (tertiary/aromatic N) is 2. The summed E-state index contributed by atoms with van der Waals surface area (Å²) in [4.78, 5) is 20.9. The second kappa shape index (κ2) is 8.58. The van der Waals surface area contributed by atoms with Crippen LogP contribution >= 0.6 is 11.3 Å². The Hall–Kier alpha value is -2.73. The van der Waals surface area contributed by atoms with E-state index in [0.717, 1.165) is 22.0 Å². The first-order valence-corrected chi connectivity index (χ1v) is 9.36. The van der Waals surface area contributed by atoms with E-state index in [1.807, 2.05) is 42.5 Å². The molecule has 0 saturated carbocycles. The number of carbonyl (C=O) groups is 1. The number of benzene rings is 1. The average molecular weight is 367 g/mol. The van der Waals surface area contributed by atoms with E-state index in [-0.39, 0.29) is 5.91 Å². The van der Waals surface area contributed by atoms with Crippen LogP contribution in [0.15, 0.2) is 54.0 Å². The highest BCUT2D eigenvalue weighted by atomic mass is 32.1. The Kier molecular flexibility index (Phi) is 5.96. The van der Waals surface area contributed by atoms with Crippen LogP contribution in [0.2, 0.25) is 0 Å². The third-order valence-electron chi connectivity index (χ3n) is 3.58. The Balaban J connectivity index is 1.61. The zero-order valence-electron chi connectivity index (χ0n) is 14.8. The minimum atomic E-state index is -0.199. The molecule has 0 aliphatic carbocycles. The first-order valence-electron chi connectivity index (χ1n) is 8.48. The van der Waals surface area contributed by atoms with Gasteiger partial charge in [-0.15, -0.1) is 11.3 Å². The summed E-state index contributed by atoms with van der Waals surface area (Å²) in [5.74, 6) is 1.13. The number of thiazole rings is 1. The van der Waals surface area contributed by atoms with Gasteiger partial charge in [0.1, 0.15) is 16.5 Å². The molecule has 2 aromatic heterocycles. The molecule has 0 bridgehead atoms. The molecule has 6 heteroatoms. The van der Waals surface area contributed by atoms with Crippen molar-refractivity contribution in [3.63, 3.8) is 0 Å². The van der Waals surface area contributed by atoms with E-state index in [1.54, 1.807) is 11.6 Å². The number of hydrogen-bond acceptors (Lipinski definition) is 5. The molecule has 0 saturated heterocycles. The molecule has 0 fully saturated rings. The van der Waals surface area contributed by atoms with E-state index < -0.39 is 0 Å². The summed E-state index contributed by atoms with van der Waals surface area (Å²) in [5.41, 5.74) is 2.20. The lowest BCUT2D eigenvalue weighted by Gasteiger charge is -2.08. The molecule has 1 amide bonds. The first-order chi connectivity index (χ1) is 12.6. The van der Waals surface area contributed by atoms with Crippen LogP contribution in [0.4, 0.5) is 0 Å². The van der Waals surface area contributed by atoms with Gasteiger partial charge in [-0.3, -0.25) is 9.78 Å². The second-order valence-electron chi connectivity index (χ2n) is 6.27. The highest BCUT2D eigenvalue weighted by molar-refractivity contribution is 7.13. The Morgan fingerprint density at radius 2 is 2.00 bits per heavy atom. The average Bonchev–Trinajstić information content (AvgIpc) is 3.16. The van der Waals surface area contributed by atoms with Gasteiger partial charge in [0.25, 0.3) is 5.91 Å². The van der Waals surface area contributed by atoms with E-state index in [1.165, 1.54) is 11.3 Å². The fraction of sp³-hybridized carbons (Fsp3) is 0.250. The zero-order chi connectivity index (χ0) is 18.4. The molecular weight excluding hydrogens is 346 g/mol. The van der Waals surface area contributed by atoms with E-state index in [4.69, 9.17) is 4.74 Å². The summed E-state index contributed by atoms with van der Waals surface area (Å²) in [6.07, 6.45) is 1.71. The van der Waals surface area contributed by atoms with Crippen molar-refractivity contribution in [1.82, 2.24) is 15.3 Å². The van der Waals surface area contributed by atoms with Gasteiger partial charge in [0.15, 0.2) is 0 Å². The maximum atomic E-state index is 12.3. The van der Waals surface area contributed by atoms with Gasteiger partial charge in [-0.25, -0.2) is 4.98 Å². The number of ether oxygens (including phenoxy) is 1. The molecule has 0 radical (unpaired) electrons. The number of hydrogen-bond donors (Lipinski definition) is 1. The van der Waals surface area contributed by atoms with Gasteiger partial charge in [-0.2, -0.15) is 0 Å². The zero-order valence-corrected chi connectivity index (χ0v) is 15.6. The molecule has 0 aliphatic heterocycles. The normalized spacial score (nSPS) is 10.7. The summed E-state index contributed by atoms with van der Waals surface area (Å²) in [6, 6.07) is 13.4. The van der Waals surface area contributed by atoms with Gasteiger partial charge >= 0.3 is 0 Å². The van der Waals surface area contributed by atoms with Crippen LogP contribution in [0.1, 0.15) is 30.0 Å². The molecule has 26 heavy (non-hydrogen) atoms. The van der Waals surface area contributed by atoms with Crippen LogP contribution in [0.5, 0.6) is 5.75 Å². The highest BCUT2D eigenvalue weighted by Gasteiger charge is 2.12. The lowest BCUT2D eigenvalue weighted by Crippen LogP contribution is -2.23. The fourth-order valence-electron chi connectivity index (χ4n) is 2.23. The Labute approximate surface area is 157 Å². The summed E-state index contributed by atoms with van der Waals surface area (Å²) >= 11 is 1.45. The maximum absolute atomic E-state index is 12.3. The van der Waals surface area contributed by atoms with Crippen molar-refractivity contribution in [2.45, 2.75) is 20.4 Å². The molecule has 3 rings (SSSR count). The lowest BCUT2D eigenvalue weighted by atomic mass is 10.2. The largest absolute Gasteiger partial charge is 0.493 e. The lowest BCUT2D eigenvalue weighted by molar-refractivity contribution is 0.0946. The predicted molar refractivity (Wildman–Crippen MR) is 103 cm³/mol. The highest BCUT2D eigenvalue weighted by Crippen LogP contribution is 2.26. The third-order valence-corrected chi connectivity index (χ3v) is 4.47. The van der Waals surface area contributed by atoms with Crippen LogP contribution in [0, 0.1) is 5.92 Å². The van der Waals surface area contributed by atoms with Gasteiger partial charge in [0.2, 0.25) is 0 Å². The molecule has 1 N–H and O–H groups in total. The molecule has 134 valence electrons. The van der Waals surface area contributed by atoms with Crippen LogP contribution in [0.25, 0.3) is 10.6 Å². The Morgan fingerprint density at radius 3 is 2.69 bits per heavy atom. The van der Waals surface area contributed by atoms with E-state index in [9.17, 15) is 4.79 Å². The van der Waals surface area contributed by atoms with Crippen molar-refractivity contribution in [2.24, 2.45) is 5.92 Å². The summed E-state index contributed by atoms with van der Waals surface area (Å²) in [7, 11) is 0. The van der Waals surface area contributed by atoms with Crippen molar-refractivity contribution in [3.8, 4) is 16.3 Å². The fourth-order valence-corrected chi connectivity index (χ4v) is 3.04. The quantitative estimate of drug-likeness (QED) is 0.681. The van der Waals surface area contributed by atoms with Crippen LogP contribution < -0.4 is 10.1 Å². The Bertz CT molecular complexity index is 845. The van der Waals surface area contributed by atoms with Gasteiger partial charge < -0.3 is 10.1 Å². The standard InChI is InChI=1S/C20H21N3O2S/c1-14(2)12-25-17-8-6-15(7-9-17)20-23-18(13-26-20)19(24)22-11-16-5-3-4-10-21-16/h3-10,13-14H,11-12H2,1-2H3,(H,22,24). The van der Waals surface area contributed by atoms with Crippen molar-refractivity contribution >= 4 is 17.2 Å².